The van der Waals surface area contributed by atoms with Crippen molar-refractivity contribution in [3.63, 3.8) is 0 Å². The maximum absolute atomic E-state index is 11.7. The highest BCUT2D eigenvalue weighted by molar-refractivity contribution is 5.95. The van der Waals surface area contributed by atoms with Gasteiger partial charge in [-0.05, 0) is 30.7 Å². The number of hydrogen-bond acceptors (Lipinski definition) is 3. The normalized spacial score (nSPS) is 10.9. The lowest BCUT2D eigenvalue weighted by atomic mass is 10.1. The maximum atomic E-state index is 11.7. The standard InChI is InChI=1S/C21H17N3O/c1-15(25)17-8-5-9-18(13-17)20-14-22-21-11-10-19(23-24(20)21)12-16-6-3-2-4-7-16/h2-11,13-14H,12H2,1H3. The summed E-state index contributed by atoms with van der Waals surface area (Å²) >= 11 is 0. The summed E-state index contributed by atoms with van der Waals surface area (Å²) in [5.74, 6) is 0.0494. The van der Waals surface area contributed by atoms with Crippen LogP contribution < -0.4 is 0 Å². The second-order valence-electron chi connectivity index (χ2n) is 6.04. The quantitative estimate of drug-likeness (QED) is 0.528. The zero-order valence-corrected chi connectivity index (χ0v) is 13.9. The molecule has 0 fully saturated rings. The zero-order valence-electron chi connectivity index (χ0n) is 13.9. The van der Waals surface area contributed by atoms with E-state index in [-0.39, 0.29) is 5.78 Å². The van der Waals surface area contributed by atoms with E-state index in [1.807, 2.05) is 59.1 Å². The molecule has 0 saturated heterocycles. The molecule has 0 aliphatic carbocycles. The number of nitrogens with zero attached hydrogens (tertiary/aromatic N) is 3. The van der Waals surface area contributed by atoms with E-state index in [0.29, 0.717) is 5.56 Å². The summed E-state index contributed by atoms with van der Waals surface area (Å²) in [6.45, 7) is 1.57. The van der Waals surface area contributed by atoms with Crippen LogP contribution in [0.5, 0.6) is 0 Å². The van der Waals surface area contributed by atoms with Crippen molar-refractivity contribution in [3.8, 4) is 11.3 Å². The Hall–Kier alpha value is -3.27. The van der Waals surface area contributed by atoms with Gasteiger partial charge in [0, 0.05) is 17.5 Å². The predicted molar refractivity (Wildman–Crippen MR) is 97.7 cm³/mol. The topological polar surface area (TPSA) is 47.3 Å². The molecule has 0 atom stereocenters. The first-order chi connectivity index (χ1) is 12.2. The van der Waals surface area contributed by atoms with E-state index in [9.17, 15) is 4.79 Å². The molecule has 4 aromatic rings. The van der Waals surface area contributed by atoms with Crippen LogP contribution in [0.2, 0.25) is 0 Å². The molecule has 0 aliphatic rings. The van der Waals surface area contributed by atoms with Crippen molar-refractivity contribution in [1.29, 1.82) is 0 Å². The van der Waals surface area contributed by atoms with Crippen LogP contribution in [0.4, 0.5) is 0 Å². The van der Waals surface area contributed by atoms with Crippen molar-refractivity contribution in [2.24, 2.45) is 0 Å². The minimum absolute atomic E-state index is 0.0494. The van der Waals surface area contributed by atoms with Gasteiger partial charge in [-0.1, -0.05) is 48.5 Å². The summed E-state index contributed by atoms with van der Waals surface area (Å²) in [4.78, 5) is 16.1. The first-order valence-electron chi connectivity index (χ1n) is 8.20. The van der Waals surface area contributed by atoms with Crippen LogP contribution in [-0.4, -0.2) is 20.4 Å². The van der Waals surface area contributed by atoms with Gasteiger partial charge in [0.2, 0.25) is 0 Å². The molecule has 25 heavy (non-hydrogen) atoms. The van der Waals surface area contributed by atoms with E-state index < -0.39 is 0 Å². The number of hydrogen-bond donors (Lipinski definition) is 0. The number of ketones is 1. The van der Waals surface area contributed by atoms with Crippen LogP contribution in [0.3, 0.4) is 0 Å². The van der Waals surface area contributed by atoms with Crippen molar-refractivity contribution in [2.45, 2.75) is 13.3 Å². The van der Waals surface area contributed by atoms with Gasteiger partial charge in [-0.25, -0.2) is 9.50 Å². The zero-order chi connectivity index (χ0) is 17.2. The number of carbonyl (C=O) groups excluding carboxylic acids is 1. The summed E-state index contributed by atoms with van der Waals surface area (Å²) in [7, 11) is 0. The number of Topliss-reactive ketones (excluding diaryl/α,β-unsaturated/α-hetero) is 1. The average molecular weight is 327 g/mol. The van der Waals surface area contributed by atoms with E-state index in [1.165, 1.54) is 5.56 Å². The highest BCUT2D eigenvalue weighted by atomic mass is 16.1. The monoisotopic (exact) mass is 327 g/mol. The van der Waals surface area contributed by atoms with Crippen LogP contribution >= 0.6 is 0 Å². The fraction of sp³-hybridized carbons (Fsp3) is 0.0952. The Labute approximate surface area is 145 Å². The van der Waals surface area contributed by atoms with Gasteiger partial charge in [-0.3, -0.25) is 4.79 Å². The lowest BCUT2D eigenvalue weighted by Crippen LogP contribution is -2.01. The van der Waals surface area contributed by atoms with Crippen LogP contribution in [0.25, 0.3) is 16.9 Å². The fourth-order valence-corrected chi connectivity index (χ4v) is 2.90. The highest BCUT2D eigenvalue weighted by Gasteiger charge is 2.10. The maximum Gasteiger partial charge on any atom is 0.159 e. The molecular formula is C21H17N3O. The van der Waals surface area contributed by atoms with E-state index in [4.69, 9.17) is 5.10 Å². The van der Waals surface area contributed by atoms with E-state index >= 15 is 0 Å². The first-order valence-corrected chi connectivity index (χ1v) is 8.20. The average Bonchev–Trinajstić information content (AvgIpc) is 3.06. The van der Waals surface area contributed by atoms with Crippen LogP contribution in [0.15, 0.2) is 72.9 Å². The third kappa shape index (κ3) is 3.06. The number of aromatic nitrogens is 3. The van der Waals surface area contributed by atoms with Crippen molar-refractivity contribution in [3.05, 3.63) is 89.7 Å². The summed E-state index contributed by atoms with van der Waals surface area (Å²) in [6.07, 6.45) is 2.57. The summed E-state index contributed by atoms with van der Waals surface area (Å²) in [5.41, 5.74) is 5.49. The summed E-state index contributed by atoms with van der Waals surface area (Å²) in [6, 6.07) is 21.8. The van der Waals surface area contributed by atoms with Crippen LogP contribution in [0.1, 0.15) is 28.5 Å². The molecule has 4 heteroatoms. The molecule has 0 bridgehead atoms. The van der Waals surface area contributed by atoms with Gasteiger partial charge in [0.15, 0.2) is 11.4 Å². The Bertz CT molecular complexity index is 1050. The van der Waals surface area contributed by atoms with Crippen molar-refractivity contribution >= 4 is 11.4 Å². The Kier molecular flexibility index (Phi) is 3.86. The summed E-state index contributed by atoms with van der Waals surface area (Å²) in [5, 5.41) is 4.75. The van der Waals surface area contributed by atoms with Gasteiger partial charge in [0.25, 0.3) is 0 Å². The molecule has 0 aliphatic heterocycles. The molecule has 0 amide bonds. The molecule has 0 N–H and O–H groups in total. The van der Waals surface area contributed by atoms with E-state index in [2.05, 4.69) is 17.1 Å². The lowest BCUT2D eigenvalue weighted by molar-refractivity contribution is 0.101. The predicted octanol–water partition coefficient (Wildman–Crippen LogP) is 4.19. The third-order valence-corrected chi connectivity index (χ3v) is 4.21. The van der Waals surface area contributed by atoms with Gasteiger partial charge in [0.1, 0.15) is 0 Å². The Morgan fingerprint density at radius 2 is 1.84 bits per heavy atom. The van der Waals surface area contributed by atoms with Gasteiger partial charge in [0.05, 0.1) is 17.6 Å². The second kappa shape index (κ2) is 6.32. The van der Waals surface area contributed by atoms with Crippen molar-refractivity contribution < 1.29 is 4.79 Å². The fourth-order valence-electron chi connectivity index (χ4n) is 2.90. The van der Waals surface area contributed by atoms with Gasteiger partial charge in [-0.15, -0.1) is 0 Å². The summed E-state index contributed by atoms with van der Waals surface area (Å²) < 4.78 is 1.84. The molecule has 0 saturated carbocycles. The van der Waals surface area contributed by atoms with Crippen LogP contribution in [-0.2, 0) is 6.42 Å². The lowest BCUT2D eigenvalue weighted by Gasteiger charge is -2.06. The minimum atomic E-state index is 0.0494. The molecule has 2 aromatic heterocycles. The van der Waals surface area contributed by atoms with Crippen molar-refractivity contribution in [1.82, 2.24) is 14.6 Å². The van der Waals surface area contributed by atoms with Gasteiger partial charge >= 0.3 is 0 Å². The van der Waals surface area contributed by atoms with Crippen LogP contribution in [0, 0.1) is 0 Å². The third-order valence-electron chi connectivity index (χ3n) is 4.21. The molecule has 4 rings (SSSR count). The Morgan fingerprint density at radius 3 is 2.64 bits per heavy atom. The minimum Gasteiger partial charge on any atom is -0.295 e. The molecule has 2 heterocycles. The van der Waals surface area contributed by atoms with E-state index in [1.54, 1.807) is 13.1 Å². The smallest absolute Gasteiger partial charge is 0.159 e. The number of fused-ring (bicyclic) bond motifs is 1. The number of benzene rings is 2. The molecule has 2 aromatic carbocycles. The van der Waals surface area contributed by atoms with E-state index in [0.717, 1.165) is 29.0 Å². The van der Waals surface area contributed by atoms with Gasteiger partial charge in [-0.2, -0.15) is 5.10 Å². The molecule has 0 unspecified atom stereocenters. The molecule has 4 nitrogen and oxygen atoms in total. The molecule has 122 valence electrons. The number of rotatable bonds is 4. The van der Waals surface area contributed by atoms with Gasteiger partial charge < -0.3 is 0 Å². The SMILES string of the molecule is CC(=O)c1cccc(-c2cnc3ccc(Cc4ccccc4)nn23)c1. The Balaban J connectivity index is 1.76. The Morgan fingerprint density at radius 1 is 1.00 bits per heavy atom. The molecule has 0 spiro atoms. The largest absolute Gasteiger partial charge is 0.295 e. The molecule has 0 radical (unpaired) electrons. The number of imidazole rings is 1. The second-order valence-corrected chi connectivity index (χ2v) is 6.04. The molecular weight excluding hydrogens is 310 g/mol. The first kappa shape index (κ1) is 15.3. The highest BCUT2D eigenvalue weighted by Crippen LogP contribution is 2.22. The van der Waals surface area contributed by atoms with Crippen molar-refractivity contribution in [2.75, 3.05) is 0 Å². The number of carbonyl (C=O) groups is 1.